The molecule has 0 saturated carbocycles. The third-order valence-electron chi connectivity index (χ3n) is 4.83. The molecule has 0 spiro atoms. The van der Waals surface area contributed by atoms with Gasteiger partial charge in [0.1, 0.15) is 36.2 Å². The lowest BCUT2D eigenvalue weighted by atomic mass is 10.2. The molecule has 1 N–H and O–H groups in total. The van der Waals surface area contributed by atoms with E-state index in [0.717, 1.165) is 16.8 Å². The van der Waals surface area contributed by atoms with E-state index < -0.39 is 0 Å². The molecule has 31 heavy (non-hydrogen) atoms. The maximum Gasteiger partial charge on any atom is 0.244 e. The third-order valence-corrected chi connectivity index (χ3v) is 4.83. The molecule has 7 nitrogen and oxygen atoms in total. The zero-order valence-electron chi connectivity index (χ0n) is 17.4. The molecule has 1 aromatic heterocycles. The average Bonchev–Trinajstić information content (AvgIpc) is 3.15. The summed E-state index contributed by atoms with van der Waals surface area (Å²) in [6.45, 7) is 0.322. The van der Waals surface area contributed by atoms with E-state index in [4.69, 9.17) is 14.2 Å². The highest BCUT2D eigenvalue weighted by Crippen LogP contribution is 2.29. The highest BCUT2D eigenvalue weighted by Gasteiger charge is 2.16. The van der Waals surface area contributed by atoms with E-state index in [2.05, 4.69) is 10.3 Å². The van der Waals surface area contributed by atoms with Gasteiger partial charge < -0.3 is 24.1 Å². The van der Waals surface area contributed by atoms with Crippen molar-refractivity contribution >= 4 is 22.6 Å². The Morgan fingerprint density at radius 2 is 1.71 bits per heavy atom. The Labute approximate surface area is 180 Å². The minimum absolute atomic E-state index is 0.0777. The normalized spacial score (nSPS) is 10.6. The number of hydrogen-bond acceptors (Lipinski definition) is 5. The highest BCUT2D eigenvalue weighted by molar-refractivity contribution is 5.93. The van der Waals surface area contributed by atoms with Crippen molar-refractivity contribution in [3.05, 3.63) is 78.6 Å². The van der Waals surface area contributed by atoms with E-state index >= 15 is 0 Å². The van der Waals surface area contributed by atoms with Crippen molar-refractivity contribution in [1.82, 2.24) is 9.55 Å². The Morgan fingerprint density at radius 3 is 2.48 bits per heavy atom. The topological polar surface area (TPSA) is 74.6 Å². The summed E-state index contributed by atoms with van der Waals surface area (Å²) in [7, 11) is 3.13. The lowest BCUT2D eigenvalue weighted by Crippen LogP contribution is -2.21. The molecule has 7 heteroatoms. The number of imidazole rings is 1. The molecular formula is C24H23N3O4. The lowest BCUT2D eigenvalue weighted by Gasteiger charge is -2.14. The van der Waals surface area contributed by atoms with Gasteiger partial charge in [-0.15, -0.1) is 0 Å². The molecule has 0 saturated heterocycles. The van der Waals surface area contributed by atoms with Gasteiger partial charge in [-0.05, 0) is 36.4 Å². The van der Waals surface area contributed by atoms with Gasteiger partial charge in [0.25, 0.3) is 0 Å². The van der Waals surface area contributed by atoms with Gasteiger partial charge in [0.2, 0.25) is 5.91 Å². The molecular weight excluding hydrogens is 394 g/mol. The minimum Gasteiger partial charge on any atom is -0.497 e. The molecule has 0 aliphatic carbocycles. The van der Waals surface area contributed by atoms with Crippen LogP contribution in [0.5, 0.6) is 17.2 Å². The highest BCUT2D eigenvalue weighted by atomic mass is 16.5. The van der Waals surface area contributed by atoms with Gasteiger partial charge in [0.15, 0.2) is 0 Å². The Hall–Kier alpha value is -4.00. The summed E-state index contributed by atoms with van der Waals surface area (Å²) in [6.07, 6.45) is 0. The first-order chi connectivity index (χ1) is 15.2. The van der Waals surface area contributed by atoms with Gasteiger partial charge in [0.05, 0.1) is 30.9 Å². The van der Waals surface area contributed by atoms with Crippen LogP contribution in [0.2, 0.25) is 0 Å². The molecule has 0 radical (unpaired) electrons. The number of ether oxygens (including phenoxy) is 3. The van der Waals surface area contributed by atoms with E-state index in [1.807, 2.05) is 59.2 Å². The summed E-state index contributed by atoms with van der Waals surface area (Å²) >= 11 is 0. The fourth-order valence-electron chi connectivity index (χ4n) is 3.32. The van der Waals surface area contributed by atoms with Crippen LogP contribution in [-0.2, 0) is 17.9 Å². The first kappa shape index (κ1) is 20.3. The molecule has 1 amide bonds. The number of fused-ring (bicyclic) bond motifs is 1. The molecule has 3 aromatic carbocycles. The van der Waals surface area contributed by atoms with Crippen molar-refractivity contribution in [2.24, 2.45) is 0 Å². The standard InChI is InChI=1S/C24H23N3O4/c1-29-18-12-13-22(30-2)20(14-18)26-24(28)15-27-21-11-7-6-10-19(21)25-23(27)16-31-17-8-4-3-5-9-17/h3-14H,15-16H2,1-2H3,(H,26,28). The van der Waals surface area contributed by atoms with E-state index in [1.54, 1.807) is 32.4 Å². The second-order valence-corrected chi connectivity index (χ2v) is 6.82. The number of aromatic nitrogens is 2. The monoisotopic (exact) mass is 417 g/mol. The van der Waals surface area contributed by atoms with Gasteiger partial charge in [0, 0.05) is 6.07 Å². The van der Waals surface area contributed by atoms with E-state index in [1.165, 1.54) is 0 Å². The Morgan fingerprint density at radius 1 is 0.935 bits per heavy atom. The summed E-state index contributed by atoms with van der Waals surface area (Å²) < 4.78 is 18.3. The Bertz CT molecular complexity index is 1190. The molecule has 0 aliphatic heterocycles. The number of anilines is 1. The number of nitrogens with zero attached hydrogens (tertiary/aromatic N) is 2. The van der Waals surface area contributed by atoms with Crippen molar-refractivity contribution in [1.29, 1.82) is 0 Å². The predicted octanol–water partition coefficient (Wildman–Crippen LogP) is 4.27. The van der Waals surface area contributed by atoms with Crippen LogP contribution in [0.1, 0.15) is 5.82 Å². The average molecular weight is 417 g/mol. The van der Waals surface area contributed by atoms with Crippen molar-refractivity contribution in [3.63, 3.8) is 0 Å². The van der Waals surface area contributed by atoms with Crippen LogP contribution in [0.4, 0.5) is 5.69 Å². The Balaban J connectivity index is 1.58. The number of methoxy groups -OCH3 is 2. The summed E-state index contributed by atoms with van der Waals surface area (Å²) in [5.74, 6) is 2.37. The first-order valence-electron chi connectivity index (χ1n) is 9.82. The lowest BCUT2D eigenvalue weighted by molar-refractivity contribution is -0.116. The quantitative estimate of drug-likeness (QED) is 0.463. The number of carbonyl (C=O) groups is 1. The van der Waals surface area contributed by atoms with Crippen LogP contribution in [0, 0.1) is 0 Å². The summed E-state index contributed by atoms with van der Waals surface area (Å²) in [5.41, 5.74) is 2.21. The first-order valence-corrected chi connectivity index (χ1v) is 9.82. The van der Waals surface area contributed by atoms with Crippen LogP contribution in [0.25, 0.3) is 11.0 Å². The van der Waals surface area contributed by atoms with Gasteiger partial charge in [-0.2, -0.15) is 0 Å². The third kappa shape index (κ3) is 4.61. The number of carbonyl (C=O) groups excluding carboxylic acids is 1. The second kappa shape index (κ2) is 9.21. The summed E-state index contributed by atoms with van der Waals surface area (Å²) in [5, 5.41) is 2.91. The minimum atomic E-state index is -0.212. The SMILES string of the molecule is COc1ccc(OC)c(NC(=O)Cn2c(COc3ccccc3)nc3ccccc32)c1. The molecule has 4 aromatic rings. The van der Waals surface area contributed by atoms with Gasteiger partial charge >= 0.3 is 0 Å². The molecule has 158 valence electrons. The maximum absolute atomic E-state index is 12.9. The van der Waals surface area contributed by atoms with Crippen molar-refractivity contribution in [3.8, 4) is 17.2 Å². The van der Waals surface area contributed by atoms with Gasteiger partial charge in [-0.3, -0.25) is 4.79 Å². The van der Waals surface area contributed by atoms with E-state index in [9.17, 15) is 4.79 Å². The molecule has 0 unspecified atom stereocenters. The number of para-hydroxylation sites is 3. The molecule has 1 heterocycles. The number of hydrogen-bond donors (Lipinski definition) is 1. The van der Waals surface area contributed by atoms with Gasteiger partial charge in [-0.25, -0.2) is 4.98 Å². The van der Waals surface area contributed by atoms with Crippen LogP contribution in [0.15, 0.2) is 72.8 Å². The van der Waals surface area contributed by atoms with Crippen LogP contribution in [-0.4, -0.2) is 29.7 Å². The van der Waals surface area contributed by atoms with Crippen molar-refractivity contribution in [2.75, 3.05) is 19.5 Å². The van der Waals surface area contributed by atoms with Crippen molar-refractivity contribution < 1.29 is 19.0 Å². The smallest absolute Gasteiger partial charge is 0.244 e. The fraction of sp³-hybridized carbons (Fsp3) is 0.167. The largest absolute Gasteiger partial charge is 0.497 e. The van der Waals surface area contributed by atoms with Crippen LogP contribution < -0.4 is 19.5 Å². The molecule has 0 bridgehead atoms. The number of amides is 1. The van der Waals surface area contributed by atoms with Gasteiger partial charge in [-0.1, -0.05) is 30.3 Å². The summed E-state index contributed by atoms with van der Waals surface area (Å²) in [6, 6.07) is 22.5. The predicted molar refractivity (Wildman–Crippen MR) is 119 cm³/mol. The zero-order chi connectivity index (χ0) is 21.6. The number of rotatable bonds is 8. The molecule has 4 rings (SSSR count). The van der Waals surface area contributed by atoms with Crippen molar-refractivity contribution in [2.45, 2.75) is 13.2 Å². The van der Waals surface area contributed by atoms with E-state index in [0.29, 0.717) is 23.0 Å². The number of nitrogens with one attached hydrogen (secondary N) is 1. The Kier molecular flexibility index (Phi) is 6.03. The second-order valence-electron chi connectivity index (χ2n) is 6.82. The fourth-order valence-corrected chi connectivity index (χ4v) is 3.32. The molecule has 0 fully saturated rings. The number of benzene rings is 3. The molecule has 0 atom stereocenters. The zero-order valence-corrected chi connectivity index (χ0v) is 17.4. The maximum atomic E-state index is 12.9. The van der Waals surface area contributed by atoms with E-state index in [-0.39, 0.29) is 19.1 Å². The molecule has 0 aliphatic rings. The van der Waals surface area contributed by atoms with Crippen LogP contribution in [0.3, 0.4) is 0 Å². The van der Waals surface area contributed by atoms with Crippen LogP contribution >= 0.6 is 0 Å². The summed E-state index contributed by atoms with van der Waals surface area (Å²) in [4.78, 5) is 17.6.